The summed E-state index contributed by atoms with van der Waals surface area (Å²) in [4.78, 5) is 36.0. The molecule has 1 saturated carbocycles. The van der Waals surface area contributed by atoms with Crippen LogP contribution in [0.3, 0.4) is 0 Å². The standard InChI is InChI=1S/C19H24ClNO4/c1-13(19(24)14-6-5-7-15(20)12-14)25-18(23)11-10-17(22)21-16-8-3-2-4-9-16/h5-7,12-13,16H,2-4,8-11H2,1H3,(H,21,22)/t13-/m1/s1. The fraction of sp³-hybridized carbons (Fsp3) is 0.526. The van der Waals surface area contributed by atoms with Crippen LogP contribution in [0, 0.1) is 0 Å². The molecule has 5 nitrogen and oxygen atoms in total. The molecular formula is C19H24ClNO4. The molecule has 0 saturated heterocycles. The van der Waals surface area contributed by atoms with Gasteiger partial charge in [-0.3, -0.25) is 14.4 Å². The molecule has 136 valence electrons. The van der Waals surface area contributed by atoms with Gasteiger partial charge in [-0.05, 0) is 31.9 Å². The van der Waals surface area contributed by atoms with E-state index in [1.165, 1.54) is 19.4 Å². The topological polar surface area (TPSA) is 72.5 Å². The van der Waals surface area contributed by atoms with Gasteiger partial charge >= 0.3 is 5.97 Å². The Balaban J connectivity index is 1.73. The monoisotopic (exact) mass is 365 g/mol. The number of benzene rings is 1. The van der Waals surface area contributed by atoms with E-state index in [-0.39, 0.29) is 30.6 Å². The van der Waals surface area contributed by atoms with Crippen LogP contribution in [-0.2, 0) is 14.3 Å². The van der Waals surface area contributed by atoms with Gasteiger partial charge in [0.25, 0.3) is 0 Å². The second-order valence-corrected chi connectivity index (χ2v) is 6.85. The van der Waals surface area contributed by atoms with E-state index in [1.54, 1.807) is 18.2 Å². The van der Waals surface area contributed by atoms with Crippen molar-refractivity contribution < 1.29 is 19.1 Å². The maximum absolute atomic E-state index is 12.2. The first-order valence-electron chi connectivity index (χ1n) is 8.74. The van der Waals surface area contributed by atoms with Crippen LogP contribution in [0.4, 0.5) is 0 Å². The van der Waals surface area contributed by atoms with Gasteiger partial charge in [-0.25, -0.2) is 0 Å². The molecule has 1 atom stereocenters. The third kappa shape index (κ3) is 6.50. The van der Waals surface area contributed by atoms with Crippen LogP contribution in [0.2, 0.25) is 5.02 Å². The highest BCUT2D eigenvalue weighted by atomic mass is 35.5. The molecule has 0 radical (unpaired) electrons. The van der Waals surface area contributed by atoms with Crippen molar-refractivity contribution in [2.75, 3.05) is 0 Å². The van der Waals surface area contributed by atoms with Gasteiger partial charge in [-0.15, -0.1) is 0 Å². The zero-order valence-corrected chi connectivity index (χ0v) is 15.2. The molecule has 0 unspecified atom stereocenters. The predicted molar refractivity (Wildman–Crippen MR) is 95.6 cm³/mol. The molecule has 1 amide bonds. The van der Waals surface area contributed by atoms with Crippen molar-refractivity contribution in [2.24, 2.45) is 0 Å². The van der Waals surface area contributed by atoms with E-state index >= 15 is 0 Å². The summed E-state index contributed by atoms with van der Waals surface area (Å²) in [7, 11) is 0. The number of halogens is 1. The Morgan fingerprint density at radius 1 is 1.20 bits per heavy atom. The van der Waals surface area contributed by atoms with E-state index in [1.807, 2.05) is 0 Å². The van der Waals surface area contributed by atoms with Gasteiger partial charge in [0.05, 0.1) is 6.42 Å². The molecule has 25 heavy (non-hydrogen) atoms. The van der Waals surface area contributed by atoms with Crippen LogP contribution in [0.5, 0.6) is 0 Å². The Morgan fingerprint density at radius 2 is 1.92 bits per heavy atom. The molecule has 1 fully saturated rings. The second kappa shape index (κ2) is 9.56. The lowest BCUT2D eigenvalue weighted by Gasteiger charge is -2.22. The summed E-state index contributed by atoms with van der Waals surface area (Å²) in [5.74, 6) is -1.01. The van der Waals surface area contributed by atoms with E-state index in [4.69, 9.17) is 16.3 Å². The van der Waals surface area contributed by atoms with Gasteiger partial charge in [0.2, 0.25) is 11.7 Å². The normalized spacial score (nSPS) is 16.1. The fourth-order valence-corrected chi connectivity index (χ4v) is 3.14. The Bertz CT molecular complexity index is 626. The highest BCUT2D eigenvalue weighted by Gasteiger charge is 2.21. The number of Topliss-reactive ketones (excluding diaryl/α,β-unsaturated/α-hetero) is 1. The molecule has 2 rings (SSSR count). The Hall–Kier alpha value is -1.88. The number of carbonyl (C=O) groups excluding carboxylic acids is 3. The number of rotatable bonds is 7. The maximum atomic E-state index is 12.2. The number of esters is 1. The highest BCUT2D eigenvalue weighted by molar-refractivity contribution is 6.31. The molecule has 0 bridgehead atoms. The zero-order valence-electron chi connectivity index (χ0n) is 14.4. The minimum Gasteiger partial charge on any atom is -0.454 e. The summed E-state index contributed by atoms with van der Waals surface area (Å²) < 4.78 is 5.14. The Labute approximate surface area is 153 Å². The van der Waals surface area contributed by atoms with Crippen molar-refractivity contribution in [1.29, 1.82) is 0 Å². The first-order chi connectivity index (χ1) is 12.0. The van der Waals surface area contributed by atoms with Crippen molar-refractivity contribution in [1.82, 2.24) is 5.32 Å². The lowest BCUT2D eigenvalue weighted by molar-refractivity contribution is -0.147. The smallest absolute Gasteiger partial charge is 0.307 e. The molecule has 1 aliphatic carbocycles. The third-order valence-electron chi connectivity index (χ3n) is 4.31. The Kier molecular flexibility index (Phi) is 7.44. The van der Waals surface area contributed by atoms with E-state index in [9.17, 15) is 14.4 Å². The van der Waals surface area contributed by atoms with Gasteiger partial charge in [-0.2, -0.15) is 0 Å². The summed E-state index contributed by atoms with van der Waals surface area (Å²) >= 11 is 5.86. The number of amides is 1. The van der Waals surface area contributed by atoms with Crippen LogP contribution in [0.25, 0.3) is 0 Å². The van der Waals surface area contributed by atoms with Gasteiger partial charge in [-0.1, -0.05) is 43.0 Å². The highest BCUT2D eigenvalue weighted by Crippen LogP contribution is 2.17. The second-order valence-electron chi connectivity index (χ2n) is 6.41. The van der Waals surface area contributed by atoms with Crippen LogP contribution in [-0.4, -0.2) is 29.8 Å². The van der Waals surface area contributed by atoms with Crippen LogP contribution >= 0.6 is 11.6 Å². The van der Waals surface area contributed by atoms with Gasteiger partial charge < -0.3 is 10.1 Å². The quantitative estimate of drug-likeness (QED) is 0.591. The average molecular weight is 366 g/mol. The number of ether oxygens (including phenoxy) is 1. The first-order valence-corrected chi connectivity index (χ1v) is 9.12. The maximum Gasteiger partial charge on any atom is 0.307 e. The third-order valence-corrected chi connectivity index (χ3v) is 4.55. The predicted octanol–water partition coefficient (Wildman–Crippen LogP) is 3.68. The number of ketones is 1. The molecule has 0 aromatic heterocycles. The van der Waals surface area contributed by atoms with Crippen molar-refractivity contribution >= 4 is 29.3 Å². The van der Waals surface area contributed by atoms with E-state index in [2.05, 4.69) is 5.32 Å². The molecule has 1 N–H and O–H groups in total. The fourth-order valence-electron chi connectivity index (χ4n) is 2.95. The van der Waals surface area contributed by atoms with Crippen LogP contribution < -0.4 is 5.32 Å². The Morgan fingerprint density at radius 3 is 2.60 bits per heavy atom. The van der Waals surface area contributed by atoms with Crippen molar-refractivity contribution in [3.8, 4) is 0 Å². The number of hydrogen-bond acceptors (Lipinski definition) is 4. The molecule has 1 aromatic rings. The zero-order chi connectivity index (χ0) is 18.2. The molecule has 1 aromatic carbocycles. The molecule has 6 heteroatoms. The first kappa shape index (κ1) is 19.4. The van der Waals surface area contributed by atoms with Gasteiger partial charge in [0.15, 0.2) is 6.10 Å². The summed E-state index contributed by atoms with van der Waals surface area (Å²) in [6.45, 7) is 1.52. The summed E-state index contributed by atoms with van der Waals surface area (Å²) in [5, 5.41) is 3.40. The summed E-state index contributed by atoms with van der Waals surface area (Å²) in [6.07, 6.45) is 4.62. The molecule has 0 aliphatic heterocycles. The van der Waals surface area contributed by atoms with Crippen molar-refractivity contribution in [3.63, 3.8) is 0 Å². The van der Waals surface area contributed by atoms with Crippen LogP contribution in [0.1, 0.15) is 62.2 Å². The summed E-state index contributed by atoms with van der Waals surface area (Å²) in [5.41, 5.74) is 0.392. The largest absolute Gasteiger partial charge is 0.454 e. The molecule has 0 spiro atoms. The number of carbonyl (C=O) groups is 3. The van der Waals surface area contributed by atoms with Crippen molar-refractivity contribution in [2.45, 2.75) is 64.0 Å². The van der Waals surface area contributed by atoms with E-state index < -0.39 is 12.1 Å². The lowest BCUT2D eigenvalue weighted by Crippen LogP contribution is -2.36. The molecular weight excluding hydrogens is 342 g/mol. The molecule has 0 heterocycles. The summed E-state index contributed by atoms with van der Waals surface area (Å²) in [6, 6.07) is 6.71. The van der Waals surface area contributed by atoms with Crippen LogP contribution in [0.15, 0.2) is 24.3 Å². The van der Waals surface area contributed by atoms with Gasteiger partial charge in [0, 0.05) is 23.0 Å². The molecule has 1 aliphatic rings. The SMILES string of the molecule is C[C@@H](OC(=O)CCC(=O)NC1CCCCC1)C(=O)c1cccc(Cl)c1. The minimum atomic E-state index is -0.910. The number of hydrogen-bond donors (Lipinski definition) is 1. The average Bonchev–Trinajstić information content (AvgIpc) is 2.60. The lowest BCUT2D eigenvalue weighted by atomic mass is 9.95. The van der Waals surface area contributed by atoms with Gasteiger partial charge in [0.1, 0.15) is 0 Å². The van der Waals surface area contributed by atoms with E-state index in [0.717, 1.165) is 25.7 Å². The minimum absolute atomic E-state index is 0.0360. The van der Waals surface area contributed by atoms with Crippen molar-refractivity contribution in [3.05, 3.63) is 34.9 Å². The number of nitrogens with one attached hydrogen (secondary N) is 1. The van der Waals surface area contributed by atoms with E-state index in [0.29, 0.717) is 10.6 Å².